The maximum Gasteiger partial charge on any atom is 0.0426 e. The van der Waals surface area contributed by atoms with Crippen LogP contribution in [-0.2, 0) is 6.42 Å². The van der Waals surface area contributed by atoms with Crippen LogP contribution in [-0.4, -0.2) is 19.1 Å². The van der Waals surface area contributed by atoms with Crippen molar-refractivity contribution in [1.82, 2.24) is 0 Å². The Morgan fingerprint density at radius 1 is 1.30 bits per heavy atom. The van der Waals surface area contributed by atoms with Gasteiger partial charge in [0.1, 0.15) is 0 Å². The highest BCUT2D eigenvalue weighted by Gasteiger charge is 2.20. The summed E-state index contributed by atoms with van der Waals surface area (Å²) < 4.78 is 0. The van der Waals surface area contributed by atoms with Gasteiger partial charge in [-0.25, -0.2) is 0 Å². The second-order valence-corrected chi connectivity index (χ2v) is 6.42. The fourth-order valence-electron chi connectivity index (χ4n) is 3.01. The number of nitrogens with zero attached hydrogens (tertiary/aromatic N) is 1. The van der Waals surface area contributed by atoms with Crippen molar-refractivity contribution in [2.75, 3.05) is 18.0 Å². The first-order chi connectivity index (χ1) is 9.63. The summed E-state index contributed by atoms with van der Waals surface area (Å²) in [7, 11) is 0. The number of piperidine rings is 1. The molecule has 0 bridgehead atoms. The lowest BCUT2D eigenvalue weighted by Crippen LogP contribution is -2.34. The molecule has 112 valence electrons. The summed E-state index contributed by atoms with van der Waals surface area (Å²) in [6, 6.07) is 6.50. The van der Waals surface area contributed by atoms with Crippen LogP contribution in [0.4, 0.5) is 5.69 Å². The molecule has 2 N–H and O–H groups in total. The third kappa shape index (κ3) is 3.89. The topological polar surface area (TPSA) is 29.3 Å². The molecule has 0 aromatic heterocycles. The monoisotopic (exact) mass is 294 g/mol. The van der Waals surface area contributed by atoms with Crippen molar-refractivity contribution in [3.63, 3.8) is 0 Å². The van der Waals surface area contributed by atoms with Crippen molar-refractivity contribution in [2.24, 2.45) is 11.7 Å². The number of halogens is 1. The van der Waals surface area contributed by atoms with Gasteiger partial charge in [0.15, 0.2) is 0 Å². The van der Waals surface area contributed by atoms with Gasteiger partial charge in [-0.1, -0.05) is 37.9 Å². The maximum absolute atomic E-state index is 6.20. The Balaban J connectivity index is 2.15. The SMILES string of the molecule is CCC(N)Cc1ccc(Cl)cc1N1CCC(CC)CC1. The molecule has 1 unspecified atom stereocenters. The maximum atomic E-state index is 6.20. The van der Waals surface area contributed by atoms with Crippen LogP contribution in [0.5, 0.6) is 0 Å². The Bertz CT molecular complexity index is 425. The van der Waals surface area contributed by atoms with E-state index in [4.69, 9.17) is 17.3 Å². The standard InChI is InChI=1S/C17H27ClN2/c1-3-13-7-9-20(10-8-13)17-12-15(18)6-5-14(17)11-16(19)4-2/h5-6,12-13,16H,3-4,7-11,19H2,1-2H3. The highest BCUT2D eigenvalue weighted by Crippen LogP contribution is 2.30. The molecule has 1 fully saturated rings. The lowest BCUT2D eigenvalue weighted by atomic mass is 9.93. The van der Waals surface area contributed by atoms with Gasteiger partial charge < -0.3 is 10.6 Å². The Morgan fingerprint density at radius 3 is 2.60 bits per heavy atom. The molecule has 1 aromatic carbocycles. The zero-order valence-electron chi connectivity index (χ0n) is 12.7. The second kappa shape index (κ2) is 7.33. The van der Waals surface area contributed by atoms with Crippen LogP contribution in [0.1, 0.15) is 45.1 Å². The molecule has 1 atom stereocenters. The molecule has 0 saturated carbocycles. The predicted molar refractivity (Wildman–Crippen MR) is 88.7 cm³/mol. The van der Waals surface area contributed by atoms with E-state index < -0.39 is 0 Å². The van der Waals surface area contributed by atoms with Crippen molar-refractivity contribution < 1.29 is 0 Å². The van der Waals surface area contributed by atoms with Gasteiger partial charge in [0.05, 0.1) is 0 Å². The second-order valence-electron chi connectivity index (χ2n) is 5.98. The summed E-state index contributed by atoms with van der Waals surface area (Å²) in [4.78, 5) is 2.50. The van der Waals surface area contributed by atoms with Crippen LogP contribution < -0.4 is 10.6 Å². The summed E-state index contributed by atoms with van der Waals surface area (Å²) in [5.74, 6) is 0.895. The van der Waals surface area contributed by atoms with Gasteiger partial charge in [0.2, 0.25) is 0 Å². The van der Waals surface area contributed by atoms with Crippen molar-refractivity contribution >= 4 is 17.3 Å². The third-order valence-electron chi connectivity index (χ3n) is 4.59. The molecule has 0 amide bonds. The average Bonchev–Trinajstić information content (AvgIpc) is 2.49. The van der Waals surface area contributed by atoms with E-state index in [0.29, 0.717) is 0 Å². The summed E-state index contributed by atoms with van der Waals surface area (Å²) >= 11 is 6.20. The van der Waals surface area contributed by atoms with Crippen molar-refractivity contribution in [3.8, 4) is 0 Å². The van der Waals surface area contributed by atoms with E-state index in [1.807, 2.05) is 6.07 Å². The van der Waals surface area contributed by atoms with E-state index in [9.17, 15) is 0 Å². The van der Waals surface area contributed by atoms with Gasteiger partial charge in [-0.15, -0.1) is 0 Å². The smallest absolute Gasteiger partial charge is 0.0426 e. The van der Waals surface area contributed by atoms with Gasteiger partial charge in [0, 0.05) is 29.8 Å². The quantitative estimate of drug-likeness (QED) is 0.880. The molecule has 2 rings (SSSR count). The highest BCUT2D eigenvalue weighted by atomic mass is 35.5. The molecule has 2 nitrogen and oxygen atoms in total. The summed E-state index contributed by atoms with van der Waals surface area (Å²) in [6.07, 6.45) is 5.85. The van der Waals surface area contributed by atoms with E-state index in [-0.39, 0.29) is 6.04 Å². The highest BCUT2D eigenvalue weighted by molar-refractivity contribution is 6.30. The van der Waals surface area contributed by atoms with Gasteiger partial charge in [-0.3, -0.25) is 0 Å². The van der Waals surface area contributed by atoms with Crippen LogP contribution in [0.15, 0.2) is 18.2 Å². The van der Waals surface area contributed by atoms with Crippen LogP contribution >= 0.6 is 11.6 Å². The van der Waals surface area contributed by atoms with E-state index in [2.05, 4.69) is 30.9 Å². The third-order valence-corrected chi connectivity index (χ3v) is 4.82. The Morgan fingerprint density at radius 2 is 2.00 bits per heavy atom. The molecule has 1 heterocycles. The first-order valence-corrected chi connectivity index (χ1v) is 8.30. The van der Waals surface area contributed by atoms with Crippen molar-refractivity contribution in [3.05, 3.63) is 28.8 Å². The minimum atomic E-state index is 0.239. The largest absolute Gasteiger partial charge is 0.371 e. The van der Waals surface area contributed by atoms with Crippen LogP contribution in [0.3, 0.4) is 0 Å². The number of benzene rings is 1. The van der Waals surface area contributed by atoms with Crippen molar-refractivity contribution in [2.45, 2.75) is 52.0 Å². The van der Waals surface area contributed by atoms with E-state index in [1.54, 1.807) is 0 Å². The fourth-order valence-corrected chi connectivity index (χ4v) is 3.18. The van der Waals surface area contributed by atoms with Gasteiger partial charge in [0.25, 0.3) is 0 Å². The number of hydrogen-bond donors (Lipinski definition) is 1. The van der Waals surface area contributed by atoms with Crippen LogP contribution in [0, 0.1) is 5.92 Å². The number of anilines is 1. The summed E-state index contributed by atoms with van der Waals surface area (Å²) in [5, 5.41) is 0.825. The lowest BCUT2D eigenvalue weighted by molar-refractivity contribution is 0.394. The zero-order valence-corrected chi connectivity index (χ0v) is 13.5. The minimum Gasteiger partial charge on any atom is -0.371 e. The van der Waals surface area contributed by atoms with Crippen LogP contribution in [0.25, 0.3) is 0 Å². The zero-order chi connectivity index (χ0) is 14.5. The lowest BCUT2D eigenvalue weighted by Gasteiger charge is -2.35. The molecule has 1 aromatic rings. The van der Waals surface area contributed by atoms with E-state index in [0.717, 1.165) is 36.9 Å². The first kappa shape index (κ1) is 15.7. The molecular formula is C17H27ClN2. The molecule has 1 aliphatic heterocycles. The summed E-state index contributed by atoms with van der Waals surface area (Å²) in [6.45, 7) is 6.73. The van der Waals surface area contributed by atoms with Crippen molar-refractivity contribution in [1.29, 1.82) is 0 Å². The molecule has 1 saturated heterocycles. The van der Waals surface area contributed by atoms with Gasteiger partial charge in [-0.05, 0) is 49.3 Å². The molecule has 0 spiro atoms. The number of nitrogens with two attached hydrogens (primary N) is 1. The Labute approximate surface area is 128 Å². The average molecular weight is 295 g/mol. The Hall–Kier alpha value is -0.730. The molecule has 1 aliphatic rings. The van der Waals surface area contributed by atoms with E-state index in [1.165, 1.54) is 30.5 Å². The molecule has 3 heteroatoms. The summed E-state index contributed by atoms with van der Waals surface area (Å²) in [5.41, 5.74) is 8.78. The van der Waals surface area contributed by atoms with Crippen LogP contribution in [0.2, 0.25) is 5.02 Å². The molecule has 20 heavy (non-hydrogen) atoms. The fraction of sp³-hybridized carbons (Fsp3) is 0.647. The van der Waals surface area contributed by atoms with E-state index >= 15 is 0 Å². The van der Waals surface area contributed by atoms with Gasteiger partial charge in [-0.2, -0.15) is 0 Å². The molecule has 0 radical (unpaired) electrons. The number of rotatable bonds is 5. The van der Waals surface area contributed by atoms with Gasteiger partial charge >= 0.3 is 0 Å². The number of hydrogen-bond acceptors (Lipinski definition) is 2. The molecular weight excluding hydrogens is 268 g/mol. The Kier molecular flexibility index (Phi) is 5.74. The predicted octanol–water partition coefficient (Wildman–Crippen LogP) is 4.25. The molecule has 0 aliphatic carbocycles. The first-order valence-electron chi connectivity index (χ1n) is 7.93. The minimum absolute atomic E-state index is 0.239. The normalized spacial score (nSPS) is 18.3.